The van der Waals surface area contributed by atoms with Gasteiger partial charge in [0.15, 0.2) is 5.78 Å². The number of carbonyl (C=O) groups excluding carboxylic acids is 4. The Balaban J connectivity index is 1.80. The van der Waals surface area contributed by atoms with E-state index >= 15 is 0 Å². The number of hydrogen-bond donors (Lipinski definition) is 2. The summed E-state index contributed by atoms with van der Waals surface area (Å²) in [6.07, 6.45) is 0.768. The minimum Gasteiger partial charge on any atom is -0.351 e. The smallest absolute Gasteiger partial charge is 0.259 e. The molecule has 0 radical (unpaired) electrons. The lowest BCUT2D eigenvalue weighted by Crippen LogP contribution is -2.47. The van der Waals surface area contributed by atoms with Crippen molar-refractivity contribution in [3.05, 3.63) is 107 Å². The molecule has 8 heteroatoms. The fourth-order valence-electron chi connectivity index (χ4n) is 5.16. The highest BCUT2D eigenvalue weighted by atomic mass is 16.2. The quantitative estimate of drug-likeness (QED) is 0.189. The maximum absolute atomic E-state index is 14.2. The molecule has 0 saturated heterocycles. The Kier molecular flexibility index (Phi) is 9.83. The summed E-state index contributed by atoms with van der Waals surface area (Å²) >= 11 is 0. The van der Waals surface area contributed by atoms with Crippen molar-refractivity contribution in [3.63, 3.8) is 0 Å². The molecular formula is C34H36N4O4. The molecule has 4 rings (SSSR count). The molecule has 0 aliphatic rings. The second-order valence-electron chi connectivity index (χ2n) is 10.3. The van der Waals surface area contributed by atoms with Gasteiger partial charge in [0.25, 0.3) is 5.91 Å². The van der Waals surface area contributed by atoms with Crippen molar-refractivity contribution in [2.45, 2.75) is 33.4 Å². The third kappa shape index (κ3) is 6.72. The second kappa shape index (κ2) is 13.7. The van der Waals surface area contributed by atoms with E-state index in [0.717, 1.165) is 28.3 Å². The highest BCUT2D eigenvalue weighted by molar-refractivity contribution is 6.14. The van der Waals surface area contributed by atoms with E-state index in [0.29, 0.717) is 16.9 Å². The summed E-state index contributed by atoms with van der Waals surface area (Å²) in [6, 6.07) is 25.5. The van der Waals surface area contributed by atoms with Gasteiger partial charge in [-0.15, -0.1) is 0 Å². The monoisotopic (exact) mass is 564 g/mol. The first-order valence-corrected chi connectivity index (χ1v) is 13.9. The van der Waals surface area contributed by atoms with Gasteiger partial charge in [-0.3, -0.25) is 19.2 Å². The number of hydrogen-bond acceptors (Lipinski definition) is 5. The predicted molar refractivity (Wildman–Crippen MR) is 167 cm³/mol. The number of likely N-dealkylation sites (N-methyl/N-ethyl adjacent to an activating group) is 1. The summed E-state index contributed by atoms with van der Waals surface area (Å²) < 4.78 is 0. The number of para-hydroxylation sites is 2. The summed E-state index contributed by atoms with van der Waals surface area (Å²) in [5, 5.41) is 7.85. The molecule has 1 unspecified atom stereocenters. The summed E-state index contributed by atoms with van der Waals surface area (Å²) in [5.41, 5.74) is 3.61. The highest BCUT2D eigenvalue weighted by Gasteiger charge is 2.27. The zero-order valence-corrected chi connectivity index (χ0v) is 24.4. The Morgan fingerprint density at radius 3 is 2.19 bits per heavy atom. The largest absolute Gasteiger partial charge is 0.351 e. The van der Waals surface area contributed by atoms with E-state index in [1.54, 1.807) is 54.4 Å². The van der Waals surface area contributed by atoms with Crippen LogP contribution >= 0.6 is 0 Å². The van der Waals surface area contributed by atoms with E-state index in [1.165, 1.54) is 11.8 Å². The van der Waals surface area contributed by atoms with Gasteiger partial charge in [-0.1, -0.05) is 66.7 Å². The number of amides is 3. The second-order valence-corrected chi connectivity index (χ2v) is 10.3. The minimum atomic E-state index is -0.433. The molecule has 0 saturated carbocycles. The first-order chi connectivity index (χ1) is 20.2. The molecule has 0 bridgehead atoms. The van der Waals surface area contributed by atoms with Crippen LogP contribution in [0.5, 0.6) is 0 Å². The van der Waals surface area contributed by atoms with Crippen LogP contribution in [-0.2, 0) is 16.1 Å². The van der Waals surface area contributed by atoms with E-state index < -0.39 is 11.9 Å². The molecule has 0 aromatic heterocycles. The van der Waals surface area contributed by atoms with Gasteiger partial charge in [0.2, 0.25) is 12.3 Å². The van der Waals surface area contributed by atoms with E-state index in [4.69, 9.17) is 0 Å². The summed E-state index contributed by atoms with van der Waals surface area (Å²) in [5.74, 6) is -0.852. The highest BCUT2D eigenvalue weighted by Crippen LogP contribution is 2.33. The van der Waals surface area contributed by atoms with Crippen LogP contribution in [0.2, 0.25) is 0 Å². The number of ketones is 1. The Bertz CT molecular complexity index is 1620. The first kappa shape index (κ1) is 30.1. The summed E-state index contributed by atoms with van der Waals surface area (Å²) in [6.45, 7) is 5.77. The lowest BCUT2D eigenvalue weighted by molar-refractivity contribution is -0.120. The van der Waals surface area contributed by atoms with E-state index in [9.17, 15) is 19.2 Å². The van der Waals surface area contributed by atoms with Gasteiger partial charge in [0, 0.05) is 18.2 Å². The third-order valence-electron chi connectivity index (χ3n) is 7.20. The predicted octanol–water partition coefficient (Wildman–Crippen LogP) is 4.88. The van der Waals surface area contributed by atoms with Crippen molar-refractivity contribution in [1.82, 2.24) is 10.6 Å². The summed E-state index contributed by atoms with van der Waals surface area (Å²) in [7, 11) is 1.68. The third-order valence-corrected chi connectivity index (χ3v) is 7.20. The molecule has 0 aliphatic carbocycles. The average Bonchev–Trinajstić information content (AvgIpc) is 2.99. The molecule has 4 aromatic rings. The van der Waals surface area contributed by atoms with Crippen LogP contribution in [0, 0.1) is 6.92 Å². The van der Waals surface area contributed by atoms with Crippen molar-refractivity contribution in [2.24, 2.45) is 0 Å². The molecule has 0 fully saturated rings. The van der Waals surface area contributed by atoms with Gasteiger partial charge in [0.05, 0.1) is 30.0 Å². The lowest BCUT2D eigenvalue weighted by Gasteiger charge is -2.31. The molecule has 4 aromatic carbocycles. The molecule has 0 heterocycles. The normalized spacial score (nSPS) is 11.5. The number of aryl methyl sites for hydroxylation is 1. The van der Waals surface area contributed by atoms with Gasteiger partial charge in [-0.25, -0.2) is 0 Å². The lowest BCUT2D eigenvalue weighted by atomic mass is 9.99. The number of carbonyl (C=O) groups is 4. The zero-order chi connectivity index (χ0) is 30.2. The zero-order valence-electron chi connectivity index (χ0n) is 24.4. The number of rotatable bonds is 12. The number of nitrogens with zero attached hydrogens (tertiary/aromatic N) is 2. The summed E-state index contributed by atoms with van der Waals surface area (Å²) in [4.78, 5) is 54.8. The molecule has 42 heavy (non-hydrogen) atoms. The average molecular weight is 565 g/mol. The van der Waals surface area contributed by atoms with Crippen LogP contribution in [0.4, 0.5) is 11.4 Å². The number of nitrogens with one attached hydrogen (secondary N) is 2. The van der Waals surface area contributed by atoms with E-state index in [1.807, 2.05) is 50.2 Å². The van der Waals surface area contributed by atoms with E-state index in [-0.39, 0.29) is 36.9 Å². The van der Waals surface area contributed by atoms with Crippen LogP contribution in [-0.4, -0.2) is 50.2 Å². The fraction of sp³-hybridized carbons (Fsp3) is 0.235. The molecule has 2 N–H and O–H groups in total. The van der Waals surface area contributed by atoms with Gasteiger partial charge >= 0.3 is 0 Å². The van der Waals surface area contributed by atoms with Crippen molar-refractivity contribution >= 4 is 46.2 Å². The molecule has 1 atom stereocenters. The number of anilines is 2. The number of Topliss-reactive ketones (excluding diaryl/α,β-unsaturated/α-hetero) is 1. The topological polar surface area (TPSA) is 98.8 Å². The first-order valence-electron chi connectivity index (χ1n) is 13.9. The van der Waals surface area contributed by atoms with Crippen LogP contribution in [0.1, 0.15) is 45.7 Å². The Morgan fingerprint density at radius 1 is 0.857 bits per heavy atom. The van der Waals surface area contributed by atoms with Crippen LogP contribution in [0.15, 0.2) is 84.9 Å². The van der Waals surface area contributed by atoms with Crippen LogP contribution < -0.4 is 20.4 Å². The minimum absolute atomic E-state index is 0.109. The Labute approximate surface area is 246 Å². The fourth-order valence-corrected chi connectivity index (χ4v) is 5.16. The molecule has 0 spiro atoms. The Hall–Kier alpha value is -4.82. The van der Waals surface area contributed by atoms with Gasteiger partial charge < -0.3 is 20.4 Å². The number of fused-ring (bicyclic) bond motifs is 1. The maximum Gasteiger partial charge on any atom is 0.259 e. The van der Waals surface area contributed by atoms with Gasteiger partial charge in [-0.2, -0.15) is 0 Å². The van der Waals surface area contributed by atoms with Gasteiger partial charge in [0.1, 0.15) is 0 Å². The van der Waals surface area contributed by atoms with Crippen molar-refractivity contribution in [1.29, 1.82) is 0 Å². The SMILES string of the molecule is CNCC(=O)NC(C)CN(C(=O)c1ccccc1C(C)=O)c1ccccc1N(C=O)Cc1c(C)ccc2ccccc12. The molecule has 8 nitrogen and oxygen atoms in total. The molecule has 0 aliphatic heterocycles. The van der Waals surface area contributed by atoms with Crippen LogP contribution in [0.25, 0.3) is 10.8 Å². The number of benzene rings is 4. The van der Waals surface area contributed by atoms with Crippen LogP contribution in [0.3, 0.4) is 0 Å². The standard InChI is InChI=1S/C34H36N4O4/c1-23-17-18-26-11-5-6-13-28(26)30(23)21-37(22-39)31-15-9-10-16-32(31)38(20-24(2)36-33(41)19-35-4)34(42)29-14-8-7-12-27(29)25(3)40/h5-18,22,24,35H,19-21H2,1-4H3,(H,36,41). The van der Waals surface area contributed by atoms with Gasteiger partial charge in [-0.05, 0) is 67.9 Å². The molecule has 216 valence electrons. The molecule has 3 amide bonds. The Morgan fingerprint density at radius 2 is 1.50 bits per heavy atom. The van der Waals surface area contributed by atoms with Crippen molar-refractivity contribution in [3.8, 4) is 0 Å². The molecular weight excluding hydrogens is 528 g/mol. The van der Waals surface area contributed by atoms with Crippen molar-refractivity contribution < 1.29 is 19.2 Å². The maximum atomic E-state index is 14.2. The van der Waals surface area contributed by atoms with Crippen molar-refractivity contribution in [2.75, 3.05) is 29.9 Å². The van der Waals surface area contributed by atoms with E-state index in [2.05, 4.69) is 16.7 Å².